The number of fused-ring (bicyclic) bond motifs is 1. The van der Waals surface area contributed by atoms with Gasteiger partial charge in [-0.3, -0.25) is 9.59 Å². The number of nitrogens with zero attached hydrogens (tertiary/aromatic N) is 2. The van der Waals surface area contributed by atoms with Crippen molar-refractivity contribution in [3.05, 3.63) is 79.9 Å². The number of furan rings is 1. The zero-order valence-corrected chi connectivity index (χ0v) is 18.6. The van der Waals surface area contributed by atoms with Crippen molar-refractivity contribution in [1.82, 2.24) is 9.80 Å². The van der Waals surface area contributed by atoms with Crippen LogP contribution in [0, 0.1) is 0 Å². The summed E-state index contributed by atoms with van der Waals surface area (Å²) in [4.78, 5) is 30.6. The Hall–Kier alpha value is -2.28. The Morgan fingerprint density at radius 1 is 1.23 bits per heavy atom. The smallest absolute Gasteiger partial charge is 0.290 e. The molecule has 0 aliphatic carbocycles. The predicted molar refractivity (Wildman–Crippen MR) is 118 cm³/mol. The SMILES string of the molecule is CCN(CC(=O)N1CCc2sccc2C1c1ccc(Cl)cc1Cl)C(=O)c1ccco1. The molecule has 4 rings (SSSR count). The van der Waals surface area contributed by atoms with Gasteiger partial charge in [0, 0.05) is 28.0 Å². The average molecular weight is 463 g/mol. The molecule has 30 heavy (non-hydrogen) atoms. The second kappa shape index (κ2) is 8.84. The number of thiophene rings is 1. The minimum Gasteiger partial charge on any atom is -0.459 e. The molecule has 8 heteroatoms. The van der Waals surface area contributed by atoms with Crippen molar-refractivity contribution in [2.75, 3.05) is 19.6 Å². The molecular formula is C22H20Cl2N2O3S. The number of likely N-dealkylation sites (N-methyl/N-ethyl adjacent to an activating group) is 1. The van der Waals surface area contributed by atoms with Crippen LogP contribution in [0.5, 0.6) is 0 Å². The normalized spacial score (nSPS) is 15.7. The quantitative estimate of drug-likeness (QED) is 0.517. The van der Waals surface area contributed by atoms with Crippen LogP contribution in [-0.4, -0.2) is 41.2 Å². The molecule has 0 spiro atoms. The lowest BCUT2D eigenvalue weighted by atomic mass is 9.93. The topological polar surface area (TPSA) is 53.8 Å². The maximum atomic E-state index is 13.4. The Bertz CT molecular complexity index is 1060. The number of hydrogen-bond donors (Lipinski definition) is 0. The third-order valence-corrected chi connectivity index (χ3v) is 6.83. The summed E-state index contributed by atoms with van der Waals surface area (Å²) in [7, 11) is 0. The van der Waals surface area contributed by atoms with Crippen molar-refractivity contribution < 1.29 is 14.0 Å². The van der Waals surface area contributed by atoms with E-state index in [-0.39, 0.29) is 30.2 Å². The van der Waals surface area contributed by atoms with E-state index >= 15 is 0 Å². The van der Waals surface area contributed by atoms with Crippen molar-refractivity contribution in [2.45, 2.75) is 19.4 Å². The molecule has 0 N–H and O–H groups in total. The summed E-state index contributed by atoms with van der Waals surface area (Å²) in [5.74, 6) is -0.213. The van der Waals surface area contributed by atoms with E-state index in [4.69, 9.17) is 27.6 Å². The monoisotopic (exact) mass is 462 g/mol. The fourth-order valence-corrected chi connectivity index (χ4v) is 5.20. The lowest BCUT2D eigenvalue weighted by Crippen LogP contribution is -2.46. The maximum absolute atomic E-state index is 13.4. The van der Waals surface area contributed by atoms with E-state index in [2.05, 4.69) is 0 Å². The summed E-state index contributed by atoms with van der Waals surface area (Å²) in [6.07, 6.45) is 2.23. The highest BCUT2D eigenvalue weighted by Crippen LogP contribution is 2.41. The van der Waals surface area contributed by atoms with E-state index in [1.165, 1.54) is 16.0 Å². The Kier molecular flexibility index (Phi) is 6.18. The van der Waals surface area contributed by atoms with Gasteiger partial charge >= 0.3 is 0 Å². The lowest BCUT2D eigenvalue weighted by Gasteiger charge is -2.37. The molecule has 0 fully saturated rings. The minimum absolute atomic E-state index is 0.0305. The van der Waals surface area contributed by atoms with Gasteiger partial charge in [-0.1, -0.05) is 29.3 Å². The third-order valence-electron chi connectivity index (χ3n) is 5.27. The van der Waals surface area contributed by atoms with Crippen molar-refractivity contribution >= 4 is 46.4 Å². The molecule has 1 unspecified atom stereocenters. The molecule has 5 nitrogen and oxygen atoms in total. The second-order valence-electron chi connectivity index (χ2n) is 7.00. The van der Waals surface area contributed by atoms with E-state index < -0.39 is 0 Å². The first-order chi connectivity index (χ1) is 14.5. The number of carbonyl (C=O) groups excluding carboxylic acids is 2. The van der Waals surface area contributed by atoms with Crippen LogP contribution in [0.15, 0.2) is 52.5 Å². The Balaban J connectivity index is 1.64. The number of halogens is 2. The molecule has 0 radical (unpaired) electrons. The molecule has 0 saturated heterocycles. The summed E-state index contributed by atoms with van der Waals surface area (Å²) < 4.78 is 5.21. The standard InChI is InChI=1S/C22H20Cl2N2O3S/c1-2-25(22(28)18-4-3-10-29-18)13-20(27)26-9-7-19-16(8-11-30-19)21(26)15-6-5-14(23)12-17(15)24/h3-6,8,10-12,21H,2,7,9,13H2,1H3. The van der Waals surface area contributed by atoms with Gasteiger partial charge in [-0.25, -0.2) is 0 Å². The molecule has 3 aromatic rings. The van der Waals surface area contributed by atoms with Crippen LogP contribution in [0.2, 0.25) is 10.0 Å². The number of rotatable bonds is 5. The zero-order chi connectivity index (χ0) is 21.3. The first-order valence-electron chi connectivity index (χ1n) is 9.63. The lowest BCUT2D eigenvalue weighted by molar-refractivity contribution is -0.134. The summed E-state index contributed by atoms with van der Waals surface area (Å²) >= 11 is 14.3. The molecule has 2 aromatic heterocycles. The highest BCUT2D eigenvalue weighted by atomic mass is 35.5. The number of benzene rings is 1. The van der Waals surface area contributed by atoms with Crippen molar-refractivity contribution in [3.63, 3.8) is 0 Å². The number of carbonyl (C=O) groups is 2. The molecule has 1 aromatic carbocycles. The highest BCUT2D eigenvalue weighted by Gasteiger charge is 2.35. The largest absolute Gasteiger partial charge is 0.459 e. The van der Waals surface area contributed by atoms with Gasteiger partial charge in [-0.05, 0) is 60.2 Å². The summed E-state index contributed by atoms with van der Waals surface area (Å²) in [5, 5.41) is 3.10. The predicted octanol–water partition coefficient (Wildman–Crippen LogP) is 5.28. The maximum Gasteiger partial charge on any atom is 0.290 e. The van der Waals surface area contributed by atoms with Gasteiger partial charge in [0.2, 0.25) is 5.91 Å². The van der Waals surface area contributed by atoms with Crippen LogP contribution in [0.1, 0.15) is 39.5 Å². The molecule has 156 valence electrons. The number of hydrogen-bond acceptors (Lipinski definition) is 4. The fraction of sp³-hybridized carbons (Fsp3) is 0.273. The Labute approximate surface area is 188 Å². The molecule has 3 heterocycles. The fourth-order valence-electron chi connectivity index (χ4n) is 3.78. The molecule has 2 amide bonds. The highest BCUT2D eigenvalue weighted by molar-refractivity contribution is 7.10. The van der Waals surface area contributed by atoms with Gasteiger partial charge in [0.05, 0.1) is 12.3 Å². The van der Waals surface area contributed by atoms with E-state index in [9.17, 15) is 9.59 Å². The molecule has 1 aliphatic rings. The molecule has 0 bridgehead atoms. The van der Waals surface area contributed by atoms with Crippen LogP contribution < -0.4 is 0 Å². The van der Waals surface area contributed by atoms with E-state index in [1.807, 2.05) is 29.3 Å². The van der Waals surface area contributed by atoms with Gasteiger partial charge in [0.25, 0.3) is 5.91 Å². The average Bonchev–Trinajstić information content (AvgIpc) is 3.42. The van der Waals surface area contributed by atoms with Crippen LogP contribution in [0.4, 0.5) is 0 Å². The summed E-state index contributed by atoms with van der Waals surface area (Å²) in [6, 6.07) is 10.3. The van der Waals surface area contributed by atoms with Crippen LogP contribution in [0.25, 0.3) is 0 Å². The Morgan fingerprint density at radius 2 is 2.07 bits per heavy atom. The number of amides is 2. The second-order valence-corrected chi connectivity index (χ2v) is 8.85. The third kappa shape index (κ3) is 4.00. The van der Waals surface area contributed by atoms with Crippen molar-refractivity contribution in [1.29, 1.82) is 0 Å². The van der Waals surface area contributed by atoms with Crippen LogP contribution >= 0.6 is 34.5 Å². The molecule has 1 aliphatic heterocycles. The van der Waals surface area contributed by atoms with Crippen LogP contribution in [0.3, 0.4) is 0 Å². The van der Waals surface area contributed by atoms with Gasteiger partial charge < -0.3 is 14.2 Å². The van der Waals surface area contributed by atoms with Gasteiger partial charge in [0.1, 0.15) is 6.54 Å². The first-order valence-corrected chi connectivity index (χ1v) is 11.3. The summed E-state index contributed by atoms with van der Waals surface area (Å²) in [6.45, 7) is 2.77. The van der Waals surface area contributed by atoms with Crippen molar-refractivity contribution in [3.8, 4) is 0 Å². The van der Waals surface area contributed by atoms with Crippen molar-refractivity contribution in [2.24, 2.45) is 0 Å². The zero-order valence-electron chi connectivity index (χ0n) is 16.3. The molecule has 1 atom stereocenters. The van der Waals surface area contributed by atoms with Crippen LogP contribution in [-0.2, 0) is 11.2 Å². The van der Waals surface area contributed by atoms with E-state index in [0.717, 1.165) is 17.5 Å². The minimum atomic E-state index is -0.310. The van der Waals surface area contributed by atoms with E-state index in [1.54, 1.807) is 35.6 Å². The first kappa shape index (κ1) is 21.0. The summed E-state index contributed by atoms with van der Waals surface area (Å²) in [5.41, 5.74) is 1.90. The molecular weight excluding hydrogens is 443 g/mol. The molecule has 0 saturated carbocycles. The Morgan fingerprint density at radius 3 is 2.77 bits per heavy atom. The van der Waals surface area contributed by atoms with Gasteiger partial charge in [-0.2, -0.15) is 0 Å². The van der Waals surface area contributed by atoms with Gasteiger partial charge in [0.15, 0.2) is 5.76 Å². The van der Waals surface area contributed by atoms with E-state index in [0.29, 0.717) is 23.1 Å². The van der Waals surface area contributed by atoms with Gasteiger partial charge in [-0.15, -0.1) is 11.3 Å².